The molecule has 0 aliphatic rings. The van der Waals surface area contributed by atoms with E-state index in [0.717, 1.165) is 17.4 Å². The molecule has 4 heteroatoms. The predicted octanol–water partition coefficient (Wildman–Crippen LogP) is 4.77. The van der Waals surface area contributed by atoms with E-state index in [4.69, 9.17) is 16.3 Å². The third kappa shape index (κ3) is 3.95. The zero-order valence-electron chi connectivity index (χ0n) is 12.7. The smallest absolute Gasteiger partial charge is 0.338 e. The molecule has 2 aromatic carbocycles. The van der Waals surface area contributed by atoms with Crippen LogP contribution in [0, 0.1) is 0 Å². The summed E-state index contributed by atoms with van der Waals surface area (Å²) in [5, 5.41) is 0.406. The molecule has 0 unspecified atom stereocenters. The first-order valence-electron chi connectivity index (χ1n) is 6.89. The van der Waals surface area contributed by atoms with Crippen molar-refractivity contribution in [2.24, 2.45) is 0 Å². The maximum atomic E-state index is 12.0. The van der Waals surface area contributed by atoms with E-state index in [1.54, 1.807) is 24.3 Å². The van der Waals surface area contributed by atoms with Gasteiger partial charge in [0, 0.05) is 5.56 Å². The first kappa shape index (κ1) is 16.2. The third-order valence-electron chi connectivity index (χ3n) is 2.98. The van der Waals surface area contributed by atoms with Crippen molar-refractivity contribution in [1.29, 1.82) is 0 Å². The molecular formula is C18H17ClO3. The lowest BCUT2D eigenvalue weighted by atomic mass is 10.0. The standard InChI is InChI=1S/C18H17ClO3/c1-18(2,3)22-17(21)13-6-4-12(5-7-13)14-8-9-15(11-20)16(19)10-14/h4-11H,1-3H3. The van der Waals surface area contributed by atoms with E-state index in [2.05, 4.69) is 0 Å². The number of hydrogen-bond acceptors (Lipinski definition) is 3. The van der Waals surface area contributed by atoms with Crippen molar-refractivity contribution in [3.05, 3.63) is 58.6 Å². The number of aldehydes is 1. The third-order valence-corrected chi connectivity index (χ3v) is 3.31. The molecular weight excluding hydrogens is 300 g/mol. The first-order valence-corrected chi connectivity index (χ1v) is 7.26. The highest BCUT2D eigenvalue weighted by atomic mass is 35.5. The lowest BCUT2D eigenvalue weighted by Crippen LogP contribution is -2.23. The maximum absolute atomic E-state index is 12.0. The molecule has 0 aliphatic carbocycles. The largest absolute Gasteiger partial charge is 0.456 e. The highest BCUT2D eigenvalue weighted by Crippen LogP contribution is 2.25. The Morgan fingerprint density at radius 2 is 1.64 bits per heavy atom. The van der Waals surface area contributed by atoms with Crippen LogP contribution in [0.5, 0.6) is 0 Å². The molecule has 2 rings (SSSR count). The number of rotatable bonds is 3. The maximum Gasteiger partial charge on any atom is 0.338 e. The molecule has 0 saturated carbocycles. The topological polar surface area (TPSA) is 43.4 Å². The van der Waals surface area contributed by atoms with Crippen molar-refractivity contribution in [1.82, 2.24) is 0 Å². The van der Waals surface area contributed by atoms with Crippen LogP contribution in [0.1, 0.15) is 41.5 Å². The van der Waals surface area contributed by atoms with Crippen molar-refractivity contribution in [2.75, 3.05) is 0 Å². The fourth-order valence-corrected chi connectivity index (χ4v) is 2.16. The summed E-state index contributed by atoms with van der Waals surface area (Å²) >= 11 is 6.03. The van der Waals surface area contributed by atoms with E-state index in [9.17, 15) is 9.59 Å². The summed E-state index contributed by atoms with van der Waals surface area (Å²) in [6, 6.07) is 12.3. The minimum atomic E-state index is -0.520. The number of esters is 1. The van der Waals surface area contributed by atoms with Crippen LogP contribution in [0.2, 0.25) is 5.02 Å². The van der Waals surface area contributed by atoms with Crippen LogP contribution in [0.15, 0.2) is 42.5 Å². The van der Waals surface area contributed by atoms with E-state index in [-0.39, 0.29) is 5.97 Å². The van der Waals surface area contributed by atoms with Gasteiger partial charge in [0.25, 0.3) is 0 Å². The van der Waals surface area contributed by atoms with Gasteiger partial charge in [-0.1, -0.05) is 29.8 Å². The van der Waals surface area contributed by atoms with Crippen molar-refractivity contribution >= 4 is 23.9 Å². The van der Waals surface area contributed by atoms with Gasteiger partial charge in [0.1, 0.15) is 5.60 Å². The van der Waals surface area contributed by atoms with E-state index in [1.165, 1.54) is 0 Å². The van der Waals surface area contributed by atoms with E-state index < -0.39 is 5.60 Å². The summed E-state index contributed by atoms with van der Waals surface area (Å²) < 4.78 is 5.32. The average molecular weight is 317 g/mol. The van der Waals surface area contributed by atoms with Gasteiger partial charge >= 0.3 is 5.97 Å². The number of ether oxygens (including phenoxy) is 1. The second-order valence-electron chi connectivity index (χ2n) is 5.93. The lowest BCUT2D eigenvalue weighted by molar-refractivity contribution is 0.00695. The van der Waals surface area contributed by atoms with Gasteiger partial charge in [0.05, 0.1) is 10.6 Å². The number of carbonyl (C=O) groups excluding carboxylic acids is 2. The predicted molar refractivity (Wildman–Crippen MR) is 87.4 cm³/mol. The van der Waals surface area contributed by atoms with Gasteiger partial charge in [0.2, 0.25) is 0 Å². The summed E-state index contributed by atoms with van der Waals surface area (Å²) in [5.74, 6) is -0.353. The van der Waals surface area contributed by atoms with Gasteiger partial charge in [-0.3, -0.25) is 4.79 Å². The van der Waals surface area contributed by atoms with Crippen molar-refractivity contribution in [3.63, 3.8) is 0 Å². The molecule has 0 aliphatic heterocycles. The molecule has 0 spiro atoms. The fourth-order valence-electron chi connectivity index (χ4n) is 1.94. The molecule has 0 fully saturated rings. The van der Waals surface area contributed by atoms with Gasteiger partial charge in [0.15, 0.2) is 6.29 Å². The Bertz CT molecular complexity index is 697. The van der Waals surface area contributed by atoms with E-state index in [0.29, 0.717) is 16.1 Å². The SMILES string of the molecule is CC(C)(C)OC(=O)c1ccc(-c2ccc(C=O)c(Cl)c2)cc1. The number of halogens is 1. The normalized spacial score (nSPS) is 11.1. The van der Waals surface area contributed by atoms with E-state index in [1.807, 2.05) is 39.0 Å². The summed E-state index contributed by atoms with van der Waals surface area (Å²) in [7, 11) is 0. The van der Waals surface area contributed by atoms with Crippen molar-refractivity contribution in [2.45, 2.75) is 26.4 Å². The van der Waals surface area contributed by atoms with Crippen LogP contribution >= 0.6 is 11.6 Å². The molecule has 0 heterocycles. The van der Waals surface area contributed by atoms with Gasteiger partial charge in [-0.25, -0.2) is 4.79 Å². The Morgan fingerprint density at radius 3 is 2.14 bits per heavy atom. The molecule has 114 valence electrons. The molecule has 2 aromatic rings. The van der Waals surface area contributed by atoms with Gasteiger partial charge < -0.3 is 4.74 Å². The zero-order valence-corrected chi connectivity index (χ0v) is 13.5. The van der Waals surface area contributed by atoms with Gasteiger partial charge in [-0.05, 0) is 56.2 Å². The quantitative estimate of drug-likeness (QED) is 0.605. The minimum Gasteiger partial charge on any atom is -0.456 e. The summed E-state index contributed by atoms with van der Waals surface area (Å²) in [4.78, 5) is 22.7. The van der Waals surface area contributed by atoms with Crippen LogP contribution < -0.4 is 0 Å². The summed E-state index contributed by atoms with van der Waals surface area (Å²) in [6.45, 7) is 5.49. The Balaban J connectivity index is 2.23. The van der Waals surface area contributed by atoms with Crippen LogP contribution in [-0.2, 0) is 4.74 Å². The zero-order chi connectivity index (χ0) is 16.3. The molecule has 0 N–H and O–H groups in total. The molecule has 0 atom stereocenters. The number of hydrogen-bond donors (Lipinski definition) is 0. The number of carbonyl (C=O) groups is 2. The van der Waals surface area contributed by atoms with Crippen LogP contribution in [-0.4, -0.2) is 17.9 Å². The number of benzene rings is 2. The summed E-state index contributed by atoms with van der Waals surface area (Å²) in [5.41, 5.74) is 2.22. The fraction of sp³-hybridized carbons (Fsp3) is 0.222. The average Bonchev–Trinajstić information content (AvgIpc) is 2.45. The second-order valence-corrected chi connectivity index (χ2v) is 6.34. The first-order chi connectivity index (χ1) is 10.3. The van der Waals surface area contributed by atoms with Crippen LogP contribution in [0.4, 0.5) is 0 Å². The Hall–Kier alpha value is -2.13. The second kappa shape index (κ2) is 6.32. The molecule has 3 nitrogen and oxygen atoms in total. The monoisotopic (exact) mass is 316 g/mol. The molecule has 0 bridgehead atoms. The molecule has 0 aromatic heterocycles. The molecule has 0 amide bonds. The molecule has 0 saturated heterocycles. The highest BCUT2D eigenvalue weighted by molar-refractivity contribution is 6.33. The molecule has 22 heavy (non-hydrogen) atoms. The highest BCUT2D eigenvalue weighted by Gasteiger charge is 2.17. The Kier molecular flexibility index (Phi) is 4.67. The van der Waals surface area contributed by atoms with Crippen LogP contribution in [0.25, 0.3) is 11.1 Å². The van der Waals surface area contributed by atoms with E-state index >= 15 is 0 Å². The Labute approximate surface area is 134 Å². The van der Waals surface area contributed by atoms with Crippen molar-refractivity contribution in [3.8, 4) is 11.1 Å². The van der Waals surface area contributed by atoms with Gasteiger partial charge in [-0.15, -0.1) is 0 Å². The Morgan fingerprint density at radius 1 is 1.05 bits per heavy atom. The van der Waals surface area contributed by atoms with Crippen LogP contribution in [0.3, 0.4) is 0 Å². The summed E-state index contributed by atoms with van der Waals surface area (Å²) in [6.07, 6.45) is 0.720. The molecule has 0 radical (unpaired) electrons. The van der Waals surface area contributed by atoms with Crippen molar-refractivity contribution < 1.29 is 14.3 Å². The minimum absolute atomic E-state index is 0.353. The van der Waals surface area contributed by atoms with Gasteiger partial charge in [-0.2, -0.15) is 0 Å². The lowest BCUT2D eigenvalue weighted by Gasteiger charge is -2.19.